The molecule has 0 unspecified atom stereocenters. The second kappa shape index (κ2) is 5.54. The number of phenols is 1. The Morgan fingerprint density at radius 2 is 2.21 bits per heavy atom. The fourth-order valence-corrected chi connectivity index (χ4v) is 2.30. The van der Waals surface area contributed by atoms with Gasteiger partial charge in [-0.15, -0.1) is 0 Å². The summed E-state index contributed by atoms with van der Waals surface area (Å²) in [6.07, 6.45) is 0.0928. The third-order valence-electron chi connectivity index (χ3n) is 3.41. The molecule has 0 aromatic heterocycles. The largest absolute Gasteiger partial charge is 0.504 e. The summed E-state index contributed by atoms with van der Waals surface area (Å²) in [6, 6.07) is 3.27. The second-order valence-corrected chi connectivity index (χ2v) is 4.56. The van der Waals surface area contributed by atoms with Crippen LogP contribution in [0.1, 0.15) is 23.2 Å². The number of hydrogen-bond acceptors (Lipinski definition) is 4. The monoisotopic (exact) mass is 269 g/mol. The highest BCUT2D eigenvalue weighted by molar-refractivity contribution is 5.97. The first-order valence-electron chi connectivity index (χ1n) is 6.03. The van der Waals surface area contributed by atoms with Gasteiger partial charge in [-0.05, 0) is 25.0 Å². The molecule has 1 aliphatic rings. The van der Waals surface area contributed by atoms with E-state index in [0.29, 0.717) is 12.8 Å². The maximum absolute atomic E-state index is 13.1. The van der Waals surface area contributed by atoms with Crippen molar-refractivity contribution in [3.63, 3.8) is 0 Å². The van der Waals surface area contributed by atoms with Crippen molar-refractivity contribution < 1.29 is 24.1 Å². The predicted octanol–water partition coefficient (Wildman–Crippen LogP) is 0.799. The number of methoxy groups -OCH3 is 1. The molecule has 104 valence electrons. The molecule has 3 N–H and O–H groups in total. The van der Waals surface area contributed by atoms with E-state index in [2.05, 4.69) is 5.32 Å². The van der Waals surface area contributed by atoms with Gasteiger partial charge in [0.1, 0.15) is 6.10 Å². The van der Waals surface area contributed by atoms with E-state index < -0.39 is 29.6 Å². The first kappa shape index (κ1) is 13.8. The predicted molar refractivity (Wildman–Crippen MR) is 65.4 cm³/mol. The van der Waals surface area contributed by atoms with E-state index in [1.54, 1.807) is 0 Å². The van der Waals surface area contributed by atoms with E-state index in [1.165, 1.54) is 19.2 Å². The third kappa shape index (κ3) is 2.69. The Bertz CT molecular complexity index is 480. The molecule has 1 aliphatic carbocycles. The molecule has 5 nitrogen and oxygen atoms in total. The summed E-state index contributed by atoms with van der Waals surface area (Å²) in [6.45, 7) is 0. The van der Waals surface area contributed by atoms with Crippen LogP contribution in [0.5, 0.6) is 5.75 Å². The zero-order valence-electron chi connectivity index (χ0n) is 10.5. The van der Waals surface area contributed by atoms with E-state index in [-0.39, 0.29) is 11.7 Å². The van der Waals surface area contributed by atoms with E-state index in [0.717, 1.165) is 6.07 Å². The Labute approximate surface area is 110 Å². The number of halogens is 1. The Hall–Kier alpha value is -1.66. The lowest BCUT2D eigenvalue weighted by atomic mass is 10.1. The van der Waals surface area contributed by atoms with Crippen molar-refractivity contribution in [1.82, 2.24) is 5.32 Å². The molecular formula is C13H16FNO4. The minimum absolute atomic E-state index is 0.145. The van der Waals surface area contributed by atoms with Gasteiger partial charge in [0.05, 0.1) is 17.7 Å². The van der Waals surface area contributed by atoms with E-state index in [1.807, 2.05) is 0 Å². The highest BCUT2D eigenvalue weighted by Crippen LogP contribution is 2.24. The van der Waals surface area contributed by atoms with Gasteiger partial charge < -0.3 is 20.3 Å². The average Bonchev–Trinajstić information content (AvgIpc) is 2.73. The molecule has 19 heavy (non-hydrogen) atoms. The number of carbonyl (C=O) groups is 1. The number of benzene rings is 1. The van der Waals surface area contributed by atoms with Crippen LogP contribution < -0.4 is 5.32 Å². The zero-order valence-corrected chi connectivity index (χ0v) is 10.5. The lowest BCUT2D eigenvalue weighted by Gasteiger charge is -2.20. The molecule has 1 aromatic rings. The van der Waals surface area contributed by atoms with E-state index in [9.17, 15) is 19.4 Å². The molecule has 1 saturated carbocycles. The number of aromatic hydroxyl groups is 1. The minimum Gasteiger partial charge on any atom is -0.504 e. The SMILES string of the molecule is CO[C@@H]1CC[C@@H](NC(=O)c2cccc(F)c2O)[C@H]1O. The van der Waals surface area contributed by atoms with Crippen molar-refractivity contribution in [1.29, 1.82) is 0 Å². The van der Waals surface area contributed by atoms with Gasteiger partial charge in [0.15, 0.2) is 11.6 Å². The van der Waals surface area contributed by atoms with Gasteiger partial charge in [-0.2, -0.15) is 0 Å². The molecule has 2 rings (SSSR count). The van der Waals surface area contributed by atoms with Crippen LogP contribution in [0.2, 0.25) is 0 Å². The van der Waals surface area contributed by atoms with Gasteiger partial charge in [-0.25, -0.2) is 4.39 Å². The highest BCUT2D eigenvalue weighted by Gasteiger charge is 2.36. The minimum atomic E-state index is -0.852. The molecule has 0 bridgehead atoms. The fourth-order valence-electron chi connectivity index (χ4n) is 2.30. The smallest absolute Gasteiger partial charge is 0.255 e. The Morgan fingerprint density at radius 3 is 2.84 bits per heavy atom. The number of hydrogen-bond donors (Lipinski definition) is 3. The fraction of sp³-hybridized carbons (Fsp3) is 0.462. The van der Waals surface area contributed by atoms with Gasteiger partial charge in [-0.1, -0.05) is 6.07 Å². The van der Waals surface area contributed by atoms with Gasteiger partial charge in [-0.3, -0.25) is 4.79 Å². The van der Waals surface area contributed by atoms with E-state index in [4.69, 9.17) is 4.74 Å². The van der Waals surface area contributed by atoms with Crippen molar-refractivity contribution in [3.8, 4) is 5.75 Å². The summed E-state index contributed by atoms with van der Waals surface area (Å²) in [7, 11) is 1.50. The van der Waals surface area contributed by atoms with Crippen LogP contribution in [-0.4, -0.2) is 41.5 Å². The van der Waals surface area contributed by atoms with Gasteiger partial charge in [0.2, 0.25) is 0 Å². The Morgan fingerprint density at radius 1 is 1.47 bits per heavy atom. The van der Waals surface area contributed by atoms with Crippen LogP contribution in [0.25, 0.3) is 0 Å². The number of rotatable bonds is 3. The number of ether oxygens (including phenoxy) is 1. The molecule has 0 aliphatic heterocycles. The van der Waals surface area contributed by atoms with Crippen LogP contribution in [-0.2, 0) is 4.74 Å². The normalized spacial score (nSPS) is 26.4. The Balaban J connectivity index is 2.08. The quantitative estimate of drug-likeness (QED) is 0.758. The first-order chi connectivity index (χ1) is 9.04. The highest BCUT2D eigenvalue weighted by atomic mass is 19.1. The summed E-state index contributed by atoms with van der Waals surface area (Å²) in [5.41, 5.74) is -0.145. The lowest BCUT2D eigenvalue weighted by Crippen LogP contribution is -2.43. The second-order valence-electron chi connectivity index (χ2n) is 4.56. The number of amides is 1. The summed E-state index contributed by atoms with van der Waals surface area (Å²) in [5, 5.41) is 22.0. The van der Waals surface area contributed by atoms with Crippen LogP contribution in [0.3, 0.4) is 0 Å². The zero-order chi connectivity index (χ0) is 14.0. The van der Waals surface area contributed by atoms with Crippen LogP contribution in [0.15, 0.2) is 18.2 Å². The molecule has 1 aromatic carbocycles. The van der Waals surface area contributed by atoms with Crippen molar-refractivity contribution >= 4 is 5.91 Å². The molecule has 1 amide bonds. The maximum Gasteiger partial charge on any atom is 0.255 e. The topological polar surface area (TPSA) is 78.8 Å². The number of carbonyl (C=O) groups excluding carboxylic acids is 1. The molecule has 6 heteroatoms. The van der Waals surface area contributed by atoms with Crippen molar-refractivity contribution in [3.05, 3.63) is 29.6 Å². The van der Waals surface area contributed by atoms with Gasteiger partial charge in [0, 0.05) is 7.11 Å². The molecule has 0 heterocycles. The maximum atomic E-state index is 13.1. The van der Waals surface area contributed by atoms with Crippen LogP contribution in [0.4, 0.5) is 4.39 Å². The average molecular weight is 269 g/mol. The molecule has 1 fully saturated rings. The van der Waals surface area contributed by atoms with E-state index >= 15 is 0 Å². The number of para-hydroxylation sites is 1. The number of aliphatic hydroxyl groups is 1. The van der Waals surface area contributed by atoms with Crippen molar-refractivity contribution in [2.24, 2.45) is 0 Å². The van der Waals surface area contributed by atoms with Gasteiger partial charge >= 0.3 is 0 Å². The van der Waals surface area contributed by atoms with Crippen molar-refractivity contribution in [2.45, 2.75) is 31.1 Å². The first-order valence-corrected chi connectivity index (χ1v) is 6.03. The summed E-state index contributed by atoms with van der Waals surface area (Å²) in [4.78, 5) is 11.9. The number of aliphatic hydroxyl groups excluding tert-OH is 1. The molecule has 3 atom stereocenters. The molecule has 0 spiro atoms. The van der Waals surface area contributed by atoms with Crippen LogP contribution in [0, 0.1) is 5.82 Å². The summed E-state index contributed by atoms with van der Waals surface area (Å²) < 4.78 is 18.2. The standard InChI is InChI=1S/C13H16FNO4/c1-19-10-6-5-9(12(10)17)15-13(18)7-3-2-4-8(14)11(7)16/h2-4,9-10,12,16-17H,5-6H2,1H3,(H,15,18)/t9-,10-,12-/m1/s1. The van der Waals surface area contributed by atoms with Crippen molar-refractivity contribution in [2.75, 3.05) is 7.11 Å². The molecular weight excluding hydrogens is 253 g/mol. The van der Waals surface area contributed by atoms with Gasteiger partial charge in [0.25, 0.3) is 5.91 Å². The lowest BCUT2D eigenvalue weighted by molar-refractivity contribution is 0.000193. The third-order valence-corrected chi connectivity index (χ3v) is 3.41. The number of nitrogens with one attached hydrogen (secondary N) is 1. The van der Waals surface area contributed by atoms with Crippen LogP contribution >= 0.6 is 0 Å². The summed E-state index contributed by atoms with van der Waals surface area (Å²) in [5.74, 6) is -2.15. The Kier molecular flexibility index (Phi) is 4.01. The molecule has 0 saturated heterocycles. The molecule has 0 radical (unpaired) electrons. The summed E-state index contributed by atoms with van der Waals surface area (Å²) >= 11 is 0. The number of phenolic OH excluding ortho intramolecular Hbond substituents is 1.